The molecule has 0 amide bonds. The molecule has 0 aliphatic carbocycles. The van der Waals surface area contributed by atoms with Crippen LogP contribution in [0.25, 0.3) is 0 Å². The third-order valence-corrected chi connectivity index (χ3v) is 4.35. The van der Waals surface area contributed by atoms with E-state index in [4.69, 9.17) is 16.3 Å². The molecule has 3 rings (SSSR count). The number of hydrogen-bond acceptors (Lipinski definition) is 3. The maximum Gasteiger partial charge on any atom is 0.123 e. The van der Waals surface area contributed by atoms with Crippen molar-refractivity contribution in [3.05, 3.63) is 95.0 Å². The van der Waals surface area contributed by atoms with E-state index in [0.717, 1.165) is 17.0 Å². The highest BCUT2D eigenvalue weighted by molar-refractivity contribution is 6.30. The van der Waals surface area contributed by atoms with Crippen molar-refractivity contribution in [3.8, 4) is 5.75 Å². The van der Waals surface area contributed by atoms with Crippen LogP contribution in [0.1, 0.15) is 17.3 Å². The second kappa shape index (κ2) is 8.79. The van der Waals surface area contributed by atoms with Crippen LogP contribution in [0.2, 0.25) is 5.02 Å². The first kappa shape index (κ1) is 18.4. The van der Waals surface area contributed by atoms with Gasteiger partial charge in [0, 0.05) is 17.8 Å². The first-order valence-electron chi connectivity index (χ1n) is 8.38. The Morgan fingerprint density at radius 1 is 1.08 bits per heavy atom. The van der Waals surface area contributed by atoms with Gasteiger partial charge in [-0.3, -0.25) is 9.88 Å². The molecule has 0 spiro atoms. The lowest BCUT2D eigenvalue weighted by Crippen LogP contribution is -2.30. The highest BCUT2D eigenvalue weighted by Gasteiger charge is 2.20. The number of pyridine rings is 1. The Morgan fingerprint density at radius 2 is 1.88 bits per heavy atom. The number of ether oxygens (including phenoxy) is 1. The molecule has 1 atom stereocenters. The van der Waals surface area contributed by atoms with Crippen LogP contribution in [0.4, 0.5) is 4.39 Å². The van der Waals surface area contributed by atoms with Crippen molar-refractivity contribution in [1.82, 2.24) is 9.88 Å². The molecular weight excluding hydrogens is 351 g/mol. The molecule has 5 heteroatoms. The van der Waals surface area contributed by atoms with Crippen LogP contribution < -0.4 is 4.74 Å². The number of nitrogens with zero attached hydrogens (tertiary/aromatic N) is 2. The first-order valence-corrected chi connectivity index (χ1v) is 8.76. The van der Waals surface area contributed by atoms with Crippen molar-refractivity contribution in [3.63, 3.8) is 0 Å². The Hall–Kier alpha value is -2.43. The fraction of sp³-hybridized carbons (Fsp3) is 0.190. The maximum absolute atomic E-state index is 13.7. The van der Waals surface area contributed by atoms with Gasteiger partial charge in [0.25, 0.3) is 0 Å². The average Bonchev–Trinajstić information content (AvgIpc) is 2.65. The number of aromatic nitrogens is 1. The fourth-order valence-corrected chi connectivity index (χ4v) is 2.96. The number of hydrogen-bond donors (Lipinski definition) is 0. The highest BCUT2D eigenvalue weighted by Crippen LogP contribution is 2.26. The van der Waals surface area contributed by atoms with Crippen LogP contribution in [0.15, 0.2) is 72.9 Å². The summed E-state index contributed by atoms with van der Waals surface area (Å²) >= 11 is 5.88. The van der Waals surface area contributed by atoms with Gasteiger partial charge in [0.15, 0.2) is 0 Å². The Kier molecular flexibility index (Phi) is 6.21. The molecule has 0 aliphatic rings. The van der Waals surface area contributed by atoms with Crippen molar-refractivity contribution in [2.45, 2.75) is 6.04 Å². The summed E-state index contributed by atoms with van der Waals surface area (Å²) in [6.45, 7) is 1.15. The molecule has 1 unspecified atom stereocenters. The molecule has 3 aromatic rings. The van der Waals surface area contributed by atoms with Crippen LogP contribution in [0.3, 0.4) is 0 Å². The van der Waals surface area contributed by atoms with Crippen LogP contribution in [-0.4, -0.2) is 30.1 Å². The number of halogens is 2. The van der Waals surface area contributed by atoms with Gasteiger partial charge in [0.1, 0.15) is 18.2 Å². The minimum absolute atomic E-state index is 0.152. The smallest absolute Gasteiger partial charge is 0.123 e. The van der Waals surface area contributed by atoms with Crippen molar-refractivity contribution in [2.75, 3.05) is 20.2 Å². The Labute approximate surface area is 158 Å². The normalized spacial score (nSPS) is 12.2. The van der Waals surface area contributed by atoms with Crippen molar-refractivity contribution >= 4 is 11.6 Å². The largest absolute Gasteiger partial charge is 0.492 e. The van der Waals surface area contributed by atoms with Crippen molar-refractivity contribution < 1.29 is 9.13 Å². The summed E-state index contributed by atoms with van der Waals surface area (Å²) < 4.78 is 19.5. The van der Waals surface area contributed by atoms with Crippen LogP contribution in [0, 0.1) is 5.82 Å². The van der Waals surface area contributed by atoms with Crippen LogP contribution in [-0.2, 0) is 0 Å². The Bertz CT molecular complexity index is 827. The summed E-state index contributed by atoms with van der Waals surface area (Å²) in [5, 5.41) is 0.677. The van der Waals surface area contributed by atoms with Gasteiger partial charge in [0.05, 0.1) is 11.7 Å². The highest BCUT2D eigenvalue weighted by atomic mass is 35.5. The van der Waals surface area contributed by atoms with Crippen molar-refractivity contribution in [1.29, 1.82) is 0 Å². The monoisotopic (exact) mass is 370 g/mol. The van der Waals surface area contributed by atoms with E-state index in [1.807, 2.05) is 43.4 Å². The zero-order valence-corrected chi connectivity index (χ0v) is 15.2. The molecular formula is C21H20ClFN2O. The lowest BCUT2D eigenvalue weighted by Gasteiger charge is -2.28. The standard InChI is InChI=1S/C21H20ClFN2O/c1-25(13-14-26-19-10-8-17(22)9-11-19)21(20-7-2-3-12-24-20)16-5-4-6-18(23)15-16/h2-12,15,21H,13-14H2,1H3. The van der Waals surface area contributed by atoms with Gasteiger partial charge in [-0.2, -0.15) is 0 Å². The Morgan fingerprint density at radius 3 is 2.58 bits per heavy atom. The SMILES string of the molecule is CN(CCOc1ccc(Cl)cc1)C(c1cccc(F)c1)c1ccccn1. The van der Waals surface area contributed by atoms with E-state index in [-0.39, 0.29) is 11.9 Å². The lowest BCUT2D eigenvalue weighted by molar-refractivity contribution is 0.208. The molecule has 0 bridgehead atoms. The molecule has 0 radical (unpaired) electrons. The third-order valence-electron chi connectivity index (χ3n) is 4.10. The zero-order valence-electron chi connectivity index (χ0n) is 14.5. The lowest BCUT2D eigenvalue weighted by atomic mass is 10.0. The molecule has 1 heterocycles. The van der Waals surface area contributed by atoms with E-state index in [1.165, 1.54) is 6.07 Å². The Balaban J connectivity index is 1.72. The van der Waals surface area contributed by atoms with E-state index in [2.05, 4.69) is 9.88 Å². The topological polar surface area (TPSA) is 25.4 Å². The fourth-order valence-electron chi connectivity index (χ4n) is 2.83. The van der Waals surface area contributed by atoms with Gasteiger partial charge >= 0.3 is 0 Å². The third kappa shape index (κ3) is 4.81. The number of rotatable bonds is 7. The first-order chi connectivity index (χ1) is 12.6. The second-order valence-corrected chi connectivity index (χ2v) is 6.43. The van der Waals surface area contributed by atoms with Crippen LogP contribution in [0.5, 0.6) is 5.75 Å². The molecule has 0 saturated heterocycles. The zero-order chi connectivity index (χ0) is 18.4. The molecule has 134 valence electrons. The van der Waals surface area contributed by atoms with Crippen LogP contribution >= 0.6 is 11.6 Å². The van der Waals surface area contributed by atoms with Gasteiger partial charge in [0.2, 0.25) is 0 Å². The molecule has 0 N–H and O–H groups in total. The maximum atomic E-state index is 13.7. The summed E-state index contributed by atoms with van der Waals surface area (Å²) in [4.78, 5) is 6.57. The summed E-state index contributed by atoms with van der Waals surface area (Å²) in [7, 11) is 1.98. The van der Waals surface area contributed by atoms with Crippen molar-refractivity contribution in [2.24, 2.45) is 0 Å². The summed E-state index contributed by atoms with van der Waals surface area (Å²) in [5.41, 5.74) is 1.73. The van der Waals surface area contributed by atoms with Gasteiger partial charge in [-0.25, -0.2) is 4.39 Å². The van der Waals surface area contributed by atoms with E-state index in [9.17, 15) is 4.39 Å². The molecule has 2 aromatic carbocycles. The van der Waals surface area contributed by atoms with E-state index < -0.39 is 0 Å². The molecule has 0 saturated carbocycles. The summed E-state index contributed by atoms with van der Waals surface area (Å²) in [6, 6.07) is 19.5. The molecule has 0 aliphatic heterocycles. The molecule has 1 aromatic heterocycles. The van der Waals surface area contributed by atoms with Gasteiger partial charge in [-0.05, 0) is 61.1 Å². The van der Waals surface area contributed by atoms with Gasteiger partial charge in [-0.15, -0.1) is 0 Å². The summed E-state index contributed by atoms with van der Waals surface area (Å²) in [6.07, 6.45) is 1.75. The number of likely N-dealkylation sites (N-methyl/N-ethyl adjacent to an activating group) is 1. The van der Waals surface area contributed by atoms with Gasteiger partial charge < -0.3 is 4.74 Å². The predicted molar refractivity (Wildman–Crippen MR) is 102 cm³/mol. The predicted octanol–water partition coefficient (Wildman–Crippen LogP) is 4.97. The number of benzene rings is 2. The van der Waals surface area contributed by atoms with E-state index in [0.29, 0.717) is 18.2 Å². The minimum atomic E-state index is -0.255. The summed E-state index contributed by atoms with van der Waals surface area (Å²) in [5.74, 6) is 0.511. The molecule has 0 fully saturated rings. The van der Waals surface area contributed by atoms with Gasteiger partial charge in [-0.1, -0.05) is 29.8 Å². The quantitative estimate of drug-likeness (QED) is 0.586. The molecule has 26 heavy (non-hydrogen) atoms. The average molecular weight is 371 g/mol. The van der Waals surface area contributed by atoms with E-state index >= 15 is 0 Å². The second-order valence-electron chi connectivity index (χ2n) is 6.00. The van der Waals surface area contributed by atoms with E-state index in [1.54, 1.807) is 30.5 Å². The molecule has 3 nitrogen and oxygen atoms in total. The minimum Gasteiger partial charge on any atom is -0.492 e.